The summed E-state index contributed by atoms with van der Waals surface area (Å²) < 4.78 is 5.54. The van der Waals surface area contributed by atoms with E-state index in [4.69, 9.17) is 9.84 Å². The molecule has 4 heteroatoms. The number of carbonyl (C=O) groups is 2. The molecule has 0 unspecified atom stereocenters. The van der Waals surface area contributed by atoms with E-state index in [1.807, 2.05) is 0 Å². The van der Waals surface area contributed by atoms with Crippen molar-refractivity contribution in [3.05, 3.63) is 42.5 Å². The van der Waals surface area contributed by atoms with Crippen molar-refractivity contribution >= 4 is 11.8 Å². The van der Waals surface area contributed by atoms with Gasteiger partial charge in [-0.3, -0.25) is 4.79 Å². The minimum absolute atomic E-state index is 0.114. The first-order valence-electron chi connectivity index (χ1n) is 7.25. The molecule has 4 nitrogen and oxygen atoms in total. The van der Waals surface area contributed by atoms with Crippen molar-refractivity contribution < 1.29 is 19.4 Å². The molecule has 1 aromatic rings. The smallest absolute Gasteiger partial charge is 0.335 e. The summed E-state index contributed by atoms with van der Waals surface area (Å²) in [5.74, 6) is -0.129. The van der Waals surface area contributed by atoms with E-state index in [-0.39, 0.29) is 11.3 Å². The van der Waals surface area contributed by atoms with E-state index < -0.39 is 5.97 Å². The summed E-state index contributed by atoms with van der Waals surface area (Å²) in [6, 6.07) is 6.41. The summed E-state index contributed by atoms with van der Waals surface area (Å²) in [5.41, 5.74) is 0.261. The second kappa shape index (κ2) is 9.75. The average Bonchev–Trinajstić information content (AvgIpc) is 2.50. The molecule has 0 aliphatic carbocycles. The van der Waals surface area contributed by atoms with E-state index in [1.54, 1.807) is 12.1 Å². The first-order chi connectivity index (χ1) is 10.1. The molecule has 0 aliphatic rings. The molecule has 114 valence electrons. The van der Waals surface area contributed by atoms with Gasteiger partial charge in [-0.2, -0.15) is 0 Å². The largest absolute Gasteiger partial charge is 0.494 e. The van der Waals surface area contributed by atoms with Crippen LogP contribution in [-0.4, -0.2) is 23.5 Å². The van der Waals surface area contributed by atoms with Gasteiger partial charge in [0.05, 0.1) is 12.2 Å². The molecule has 1 N–H and O–H groups in total. The first-order valence-corrected chi connectivity index (χ1v) is 7.25. The number of ether oxygens (including phenoxy) is 1. The van der Waals surface area contributed by atoms with Crippen LogP contribution in [0.5, 0.6) is 5.75 Å². The Balaban J connectivity index is 2.05. The second-order valence-electron chi connectivity index (χ2n) is 4.87. The number of rotatable bonds is 11. The number of hydrogen-bond donors (Lipinski definition) is 1. The van der Waals surface area contributed by atoms with E-state index in [0.717, 1.165) is 32.1 Å². The maximum atomic E-state index is 11.0. The highest BCUT2D eigenvalue weighted by atomic mass is 16.5. The minimum Gasteiger partial charge on any atom is -0.494 e. The molecule has 0 aromatic heterocycles. The predicted octanol–water partition coefficient (Wildman–Crippen LogP) is 3.86. The maximum absolute atomic E-state index is 11.0. The Morgan fingerprint density at radius 1 is 1.05 bits per heavy atom. The summed E-state index contributed by atoms with van der Waals surface area (Å²) in [6.07, 6.45) is 7.05. The molecule has 0 heterocycles. The lowest BCUT2D eigenvalue weighted by molar-refractivity contribution is -0.114. The number of carboxylic acid groups (broad SMARTS) is 1. The lowest BCUT2D eigenvalue weighted by Crippen LogP contribution is -1.99. The van der Waals surface area contributed by atoms with Crippen molar-refractivity contribution in [3.8, 4) is 5.75 Å². The summed E-state index contributed by atoms with van der Waals surface area (Å²) in [7, 11) is 0. The summed E-state index contributed by atoms with van der Waals surface area (Å²) >= 11 is 0. The van der Waals surface area contributed by atoms with Crippen molar-refractivity contribution in [1.29, 1.82) is 0 Å². The Kier molecular flexibility index (Phi) is 7.87. The number of ketones is 1. The number of allylic oxidation sites excluding steroid dienone is 1. The van der Waals surface area contributed by atoms with Crippen molar-refractivity contribution in [1.82, 2.24) is 0 Å². The van der Waals surface area contributed by atoms with Gasteiger partial charge in [-0.15, -0.1) is 0 Å². The molecule has 1 rings (SSSR count). The highest BCUT2D eigenvalue weighted by molar-refractivity contribution is 5.89. The number of carboxylic acids is 1. The summed E-state index contributed by atoms with van der Waals surface area (Å²) in [6.45, 7) is 4.07. The molecule has 1 aromatic carbocycles. The van der Waals surface area contributed by atoms with E-state index in [9.17, 15) is 9.59 Å². The highest BCUT2D eigenvalue weighted by Gasteiger charge is 2.02. The Bertz CT molecular complexity index is 462. The Morgan fingerprint density at radius 3 is 2.29 bits per heavy atom. The molecule has 21 heavy (non-hydrogen) atoms. The van der Waals surface area contributed by atoms with Crippen LogP contribution in [0.1, 0.15) is 48.9 Å². The van der Waals surface area contributed by atoms with E-state index in [1.165, 1.54) is 18.2 Å². The number of unbranched alkanes of at least 4 members (excludes halogenated alkanes) is 4. The van der Waals surface area contributed by atoms with Crippen LogP contribution in [0, 0.1) is 0 Å². The number of carbonyl (C=O) groups excluding carboxylic acids is 1. The Morgan fingerprint density at radius 2 is 1.67 bits per heavy atom. The highest BCUT2D eigenvalue weighted by Crippen LogP contribution is 2.13. The lowest BCUT2D eigenvalue weighted by Gasteiger charge is -2.06. The van der Waals surface area contributed by atoms with Gasteiger partial charge in [0, 0.05) is 6.42 Å². The topological polar surface area (TPSA) is 63.6 Å². The number of hydrogen-bond acceptors (Lipinski definition) is 3. The van der Waals surface area contributed by atoms with Gasteiger partial charge in [-0.1, -0.05) is 25.8 Å². The van der Waals surface area contributed by atoms with Crippen LogP contribution >= 0.6 is 0 Å². The van der Waals surface area contributed by atoms with Crippen LogP contribution in [0.3, 0.4) is 0 Å². The molecular weight excluding hydrogens is 268 g/mol. The number of aromatic carboxylic acids is 1. The molecule has 0 bridgehead atoms. The summed E-state index contributed by atoms with van der Waals surface area (Å²) in [4.78, 5) is 21.7. The third-order valence-corrected chi connectivity index (χ3v) is 3.17. The zero-order valence-electron chi connectivity index (χ0n) is 12.2. The predicted molar refractivity (Wildman–Crippen MR) is 81.8 cm³/mol. The van der Waals surface area contributed by atoms with Gasteiger partial charge in [0.1, 0.15) is 5.75 Å². The number of benzene rings is 1. The molecule has 0 aliphatic heterocycles. The Labute approximate surface area is 125 Å². The van der Waals surface area contributed by atoms with Gasteiger partial charge in [-0.05, 0) is 43.2 Å². The van der Waals surface area contributed by atoms with Gasteiger partial charge in [-0.25, -0.2) is 4.79 Å². The third-order valence-electron chi connectivity index (χ3n) is 3.17. The third kappa shape index (κ3) is 7.30. The standard InChI is InChI=1S/C17H22O4/c1-2-15(18)8-6-4-3-5-7-13-21-16-11-9-14(10-12-16)17(19)20/h2,9-12H,1,3-8,13H2,(H,19,20). The van der Waals surface area contributed by atoms with E-state index >= 15 is 0 Å². The molecule has 0 atom stereocenters. The zero-order chi connectivity index (χ0) is 15.5. The second-order valence-corrected chi connectivity index (χ2v) is 4.87. The van der Waals surface area contributed by atoms with Crippen LogP contribution in [0.15, 0.2) is 36.9 Å². The molecule has 0 spiro atoms. The average molecular weight is 290 g/mol. The van der Waals surface area contributed by atoms with Gasteiger partial charge in [0.15, 0.2) is 5.78 Å². The van der Waals surface area contributed by atoms with E-state index in [2.05, 4.69) is 6.58 Å². The fraction of sp³-hybridized carbons (Fsp3) is 0.412. The monoisotopic (exact) mass is 290 g/mol. The molecular formula is C17H22O4. The molecule has 0 saturated carbocycles. The minimum atomic E-state index is -0.934. The molecule has 0 fully saturated rings. The van der Waals surface area contributed by atoms with Crippen LogP contribution in [-0.2, 0) is 4.79 Å². The van der Waals surface area contributed by atoms with Crippen LogP contribution in [0.25, 0.3) is 0 Å². The van der Waals surface area contributed by atoms with Gasteiger partial charge in [0.2, 0.25) is 0 Å². The molecule has 0 radical (unpaired) electrons. The first kappa shape index (κ1) is 17.0. The van der Waals surface area contributed by atoms with Gasteiger partial charge in [0.25, 0.3) is 0 Å². The maximum Gasteiger partial charge on any atom is 0.335 e. The molecule has 0 amide bonds. The quantitative estimate of drug-likeness (QED) is 0.496. The van der Waals surface area contributed by atoms with E-state index in [0.29, 0.717) is 18.8 Å². The van der Waals surface area contributed by atoms with Crippen molar-refractivity contribution in [2.24, 2.45) is 0 Å². The lowest BCUT2D eigenvalue weighted by atomic mass is 10.1. The fourth-order valence-corrected chi connectivity index (χ4v) is 1.92. The van der Waals surface area contributed by atoms with Crippen LogP contribution in [0.2, 0.25) is 0 Å². The van der Waals surface area contributed by atoms with Gasteiger partial charge < -0.3 is 9.84 Å². The zero-order valence-corrected chi connectivity index (χ0v) is 12.2. The molecule has 0 saturated heterocycles. The summed E-state index contributed by atoms with van der Waals surface area (Å²) in [5, 5.41) is 8.78. The van der Waals surface area contributed by atoms with Gasteiger partial charge >= 0.3 is 5.97 Å². The fourth-order valence-electron chi connectivity index (χ4n) is 1.92. The normalized spacial score (nSPS) is 10.1. The van der Waals surface area contributed by atoms with Crippen molar-refractivity contribution in [2.45, 2.75) is 38.5 Å². The Hall–Kier alpha value is -2.10. The SMILES string of the molecule is C=CC(=O)CCCCCCCOc1ccc(C(=O)O)cc1. The van der Waals surface area contributed by atoms with Crippen molar-refractivity contribution in [2.75, 3.05) is 6.61 Å². The van der Waals surface area contributed by atoms with Crippen LogP contribution in [0.4, 0.5) is 0 Å². The van der Waals surface area contributed by atoms with Crippen molar-refractivity contribution in [3.63, 3.8) is 0 Å². The van der Waals surface area contributed by atoms with Crippen LogP contribution < -0.4 is 4.74 Å².